The molecule has 8 nitrogen and oxygen atoms in total. The van der Waals surface area contributed by atoms with Gasteiger partial charge in [0.2, 0.25) is 0 Å². The molecule has 2 aromatic heterocycles. The van der Waals surface area contributed by atoms with E-state index in [2.05, 4.69) is 39.4 Å². The SMILES string of the molecule is COc1ccc(NC(=O)c2ccc3nnc([C@H]4CN(C)CCN4C)n3c2)cc1. The molecule has 0 unspecified atom stereocenters. The first-order valence-electron chi connectivity index (χ1n) is 9.24. The van der Waals surface area contributed by atoms with Gasteiger partial charge in [-0.05, 0) is 50.5 Å². The molecule has 1 saturated heterocycles. The van der Waals surface area contributed by atoms with Crippen molar-refractivity contribution in [2.75, 3.05) is 46.2 Å². The lowest BCUT2D eigenvalue weighted by Gasteiger charge is -2.36. The van der Waals surface area contributed by atoms with E-state index in [1.165, 1.54) is 0 Å². The van der Waals surface area contributed by atoms with Crippen molar-refractivity contribution in [2.45, 2.75) is 6.04 Å². The second-order valence-corrected chi connectivity index (χ2v) is 7.15. The van der Waals surface area contributed by atoms with Gasteiger partial charge in [-0.15, -0.1) is 10.2 Å². The molecule has 3 heterocycles. The number of nitrogens with one attached hydrogen (secondary N) is 1. The summed E-state index contributed by atoms with van der Waals surface area (Å²) in [7, 11) is 5.82. The number of likely N-dealkylation sites (N-methyl/N-ethyl adjacent to an activating group) is 2. The van der Waals surface area contributed by atoms with Gasteiger partial charge >= 0.3 is 0 Å². The molecule has 0 bridgehead atoms. The molecule has 1 aliphatic rings. The van der Waals surface area contributed by atoms with E-state index in [1.807, 2.05) is 40.9 Å². The Morgan fingerprint density at radius 1 is 1.11 bits per heavy atom. The van der Waals surface area contributed by atoms with Gasteiger partial charge in [-0.1, -0.05) is 0 Å². The normalized spacial score (nSPS) is 18.3. The van der Waals surface area contributed by atoms with Crippen LogP contribution in [0.5, 0.6) is 5.75 Å². The largest absolute Gasteiger partial charge is 0.497 e. The fraction of sp³-hybridized carbons (Fsp3) is 0.350. The Kier molecular flexibility index (Phi) is 4.97. The number of methoxy groups -OCH3 is 1. The van der Waals surface area contributed by atoms with Gasteiger partial charge in [-0.25, -0.2) is 0 Å². The number of pyridine rings is 1. The van der Waals surface area contributed by atoms with E-state index in [0.29, 0.717) is 11.3 Å². The Labute approximate surface area is 163 Å². The van der Waals surface area contributed by atoms with E-state index >= 15 is 0 Å². The standard InChI is InChI=1S/C20H24N6O2/c1-24-10-11-25(2)17(13-24)19-23-22-18-9-4-14(12-26(18)19)20(27)21-15-5-7-16(28-3)8-6-15/h4-9,12,17H,10-11,13H2,1-3H3,(H,21,27)/t17-/m1/s1. The highest BCUT2D eigenvalue weighted by Crippen LogP contribution is 2.23. The molecule has 1 aromatic carbocycles. The number of aromatic nitrogens is 3. The molecule has 8 heteroatoms. The zero-order valence-electron chi connectivity index (χ0n) is 16.3. The van der Waals surface area contributed by atoms with Crippen LogP contribution in [0.2, 0.25) is 0 Å². The first-order valence-corrected chi connectivity index (χ1v) is 9.24. The summed E-state index contributed by atoms with van der Waals surface area (Å²) >= 11 is 0. The molecular weight excluding hydrogens is 356 g/mol. The van der Waals surface area contributed by atoms with Crippen LogP contribution in [0.25, 0.3) is 5.65 Å². The monoisotopic (exact) mass is 380 g/mol. The van der Waals surface area contributed by atoms with Crippen molar-refractivity contribution in [3.8, 4) is 5.75 Å². The van der Waals surface area contributed by atoms with Crippen molar-refractivity contribution in [1.29, 1.82) is 0 Å². The Balaban J connectivity index is 1.60. The number of rotatable bonds is 4. The molecule has 3 aromatic rings. The number of hydrogen-bond donors (Lipinski definition) is 1. The fourth-order valence-corrected chi connectivity index (χ4v) is 3.44. The summed E-state index contributed by atoms with van der Waals surface area (Å²) in [6.45, 7) is 2.87. The summed E-state index contributed by atoms with van der Waals surface area (Å²) in [6, 6.07) is 11.0. The Morgan fingerprint density at radius 2 is 1.89 bits per heavy atom. The van der Waals surface area contributed by atoms with Gasteiger partial charge in [-0.2, -0.15) is 0 Å². The number of ether oxygens (including phenoxy) is 1. The second-order valence-electron chi connectivity index (χ2n) is 7.15. The smallest absolute Gasteiger partial charge is 0.257 e. The van der Waals surface area contributed by atoms with Crippen LogP contribution in [0.1, 0.15) is 22.2 Å². The van der Waals surface area contributed by atoms with Crippen molar-refractivity contribution in [2.24, 2.45) is 0 Å². The van der Waals surface area contributed by atoms with Crippen LogP contribution < -0.4 is 10.1 Å². The summed E-state index contributed by atoms with van der Waals surface area (Å²) in [6.07, 6.45) is 1.81. The van der Waals surface area contributed by atoms with Crippen LogP contribution in [0.3, 0.4) is 0 Å². The Hall–Kier alpha value is -2.97. The van der Waals surface area contributed by atoms with Crippen molar-refractivity contribution in [3.05, 3.63) is 54.0 Å². The number of anilines is 1. The number of nitrogens with zero attached hydrogens (tertiary/aromatic N) is 5. The van der Waals surface area contributed by atoms with Crippen molar-refractivity contribution in [3.63, 3.8) is 0 Å². The number of piperazine rings is 1. The predicted octanol–water partition coefficient (Wildman–Crippen LogP) is 1.91. The van der Waals surface area contributed by atoms with E-state index in [4.69, 9.17) is 4.74 Å². The van der Waals surface area contributed by atoms with Gasteiger partial charge in [0.25, 0.3) is 5.91 Å². The Morgan fingerprint density at radius 3 is 2.64 bits per heavy atom. The van der Waals surface area contributed by atoms with E-state index in [9.17, 15) is 4.79 Å². The van der Waals surface area contributed by atoms with E-state index < -0.39 is 0 Å². The molecule has 146 valence electrons. The van der Waals surface area contributed by atoms with Gasteiger partial charge < -0.3 is 15.0 Å². The van der Waals surface area contributed by atoms with E-state index in [1.54, 1.807) is 13.2 Å². The van der Waals surface area contributed by atoms with Crippen LogP contribution in [0, 0.1) is 0 Å². The third-order valence-electron chi connectivity index (χ3n) is 5.19. The molecule has 0 spiro atoms. The molecule has 0 radical (unpaired) electrons. The molecule has 1 atom stereocenters. The average Bonchev–Trinajstić information content (AvgIpc) is 3.13. The molecule has 1 amide bonds. The van der Waals surface area contributed by atoms with Gasteiger partial charge in [0, 0.05) is 31.5 Å². The highest BCUT2D eigenvalue weighted by molar-refractivity contribution is 6.04. The molecule has 4 rings (SSSR count). The van der Waals surface area contributed by atoms with E-state index in [-0.39, 0.29) is 11.9 Å². The third kappa shape index (κ3) is 3.56. The molecule has 1 fully saturated rings. The second kappa shape index (κ2) is 7.57. The van der Waals surface area contributed by atoms with Gasteiger partial charge in [0.05, 0.1) is 18.7 Å². The molecule has 28 heavy (non-hydrogen) atoms. The molecular formula is C20H24N6O2. The molecule has 1 aliphatic heterocycles. The maximum Gasteiger partial charge on any atom is 0.257 e. The number of carbonyl (C=O) groups is 1. The van der Waals surface area contributed by atoms with Gasteiger partial charge in [0.1, 0.15) is 5.75 Å². The predicted molar refractivity (Wildman–Crippen MR) is 107 cm³/mol. The van der Waals surface area contributed by atoms with Crippen LogP contribution in [0.4, 0.5) is 5.69 Å². The maximum absolute atomic E-state index is 12.7. The summed E-state index contributed by atoms with van der Waals surface area (Å²) in [5.74, 6) is 1.42. The summed E-state index contributed by atoms with van der Waals surface area (Å²) in [5.41, 5.74) is 2.00. The lowest BCUT2D eigenvalue weighted by molar-refractivity contribution is 0.102. The summed E-state index contributed by atoms with van der Waals surface area (Å²) in [4.78, 5) is 17.3. The number of fused-ring (bicyclic) bond motifs is 1. The number of benzene rings is 1. The van der Waals surface area contributed by atoms with Crippen molar-refractivity contribution < 1.29 is 9.53 Å². The van der Waals surface area contributed by atoms with Gasteiger partial charge in [0.15, 0.2) is 11.5 Å². The van der Waals surface area contributed by atoms with Crippen LogP contribution >= 0.6 is 0 Å². The quantitative estimate of drug-likeness (QED) is 0.745. The van der Waals surface area contributed by atoms with Crippen LogP contribution in [0.15, 0.2) is 42.6 Å². The molecule has 0 saturated carbocycles. The first kappa shape index (κ1) is 18.4. The van der Waals surface area contributed by atoms with Crippen molar-refractivity contribution in [1.82, 2.24) is 24.4 Å². The highest BCUT2D eigenvalue weighted by atomic mass is 16.5. The van der Waals surface area contributed by atoms with Crippen LogP contribution in [-0.2, 0) is 0 Å². The Bertz CT molecular complexity index is 984. The zero-order valence-corrected chi connectivity index (χ0v) is 16.3. The number of amides is 1. The zero-order chi connectivity index (χ0) is 19.7. The fourth-order valence-electron chi connectivity index (χ4n) is 3.44. The lowest BCUT2D eigenvalue weighted by atomic mass is 10.1. The average molecular weight is 380 g/mol. The summed E-state index contributed by atoms with van der Waals surface area (Å²) in [5, 5.41) is 11.6. The van der Waals surface area contributed by atoms with Crippen molar-refractivity contribution >= 4 is 17.2 Å². The van der Waals surface area contributed by atoms with Gasteiger partial charge in [-0.3, -0.25) is 14.1 Å². The van der Waals surface area contributed by atoms with Crippen LogP contribution in [-0.4, -0.2) is 71.1 Å². The first-order chi connectivity index (χ1) is 13.5. The maximum atomic E-state index is 12.7. The minimum atomic E-state index is -0.180. The van der Waals surface area contributed by atoms with E-state index in [0.717, 1.165) is 36.9 Å². The minimum absolute atomic E-state index is 0.133. The number of carbonyl (C=O) groups excluding carboxylic acids is 1. The minimum Gasteiger partial charge on any atom is -0.497 e. The molecule has 1 N–H and O–H groups in total. The highest BCUT2D eigenvalue weighted by Gasteiger charge is 2.28. The molecule has 0 aliphatic carbocycles. The number of hydrogen-bond acceptors (Lipinski definition) is 6. The lowest BCUT2D eigenvalue weighted by Crippen LogP contribution is -2.45. The topological polar surface area (TPSA) is 75.0 Å². The third-order valence-corrected chi connectivity index (χ3v) is 5.19. The summed E-state index contributed by atoms with van der Waals surface area (Å²) < 4.78 is 7.07.